The maximum atomic E-state index is 5.20. The maximum absolute atomic E-state index is 5.20. The standard InChI is InChI=1S/C6H11NO/c1-2-6-7-4-3-5-8-6/h2,6-7H,1,3-5H2. The van der Waals surface area contributed by atoms with E-state index in [-0.39, 0.29) is 6.23 Å². The molecule has 0 amide bonds. The van der Waals surface area contributed by atoms with Gasteiger partial charge in [0.15, 0.2) is 0 Å². The monoisotopic (exact) mass is 113 g/mol. The van der Waals surface area contributed by atoms with Crippen molar-refractivity contribution >= 4 is 0 Å². The van der Waals surface area contributed by atoms with Gasteiger partial charge in [-0.15, -0.1) is 0 Å². The van der Waals surface area contributed by atoms with Crippen molar-refractivity contribution < 1.29 is 4.74 Å². The third-order valence-electron chi connectivity index (χ3n) is 1.18. The molecule has 1 fully saturated rings. The molecule has 0 aromatic rings. The van der Waals surface area contributed by atoms with Gasteiger partial charge in [-0.2, -0.15) is 0 Å². The Labute approximate surface area is 49.5 Å². The summed E-state index contributed by atoms with van der Waals surface area (Å²) in [5.41, 5.74) is 0. The van der Waals surface area contributed by atoms with Crippen LogP contribution in [0.3, 0.4) is 0 Å². The molecule has 1 saturated heterocycles. The van der Waals surface area contributed by atoms with Crippen LogP contribution in [0.4, 0.5) is 0 Å². The van der Waals surface area contributed by atoms with Gasteiger partial charge in [0.25, 0.3) is 0 Å². The molecule has 0 aromatic heterocycles. The zero-order valence-corrected chi connectivity index (χ0v) is 4.89. The summed E-state index contributed by atoms with van der Waals surface area (Å²) in [7, 11) is 0. The fourth-order valence-corrected chi connectivity index (χ4v) is 0.737. The largest absolute Gasteiger partial charge is 0.360 e. The second-order valence-corrected chi connectivity index (χ2v) is 1.83. The molecule has 0 aliphatic carbocycles. The molecule has 0 saturated carbocycles. The highest BCUT2D eigenvalue weighted by atomic mass is 16.5. The first kappa shape index (κ1) is 5.79. The fraction of sp³-hybridized carbons (Fsp3) is 0.667. The van der Waals surface area contributed by atoms with E-state index in [1.165, 1.54) is 0 Å². The smallest absolute Gasteiger partial charge is 0.127 e. The van der Waals surface area contributed by atoms with Gasteiger partial charge in [-0.05, 0) is 19.0 Å². The minimum atomic E-state index is 0.101. The zero-order chi connectivity index (χ0) is 5.82. The lowest BCUT2D eigenvalue weighted by molar-refractivity contribution is 0.0327. The number of nitrogens with one attached hydrogen (secondary N) is 1. The Hall–Kier alpha value is -0.340. The van der Waals surface area contributed by atoms with E-state index in [0.717, 1.165) is 19.6 Å². The van der Waals surface area contributed by atoms with Crippen molar-refractivity contribution in [3.8, 4) is 0 Å². The van der Waals surface area contributed by atoms with Gasteiger partial charge in [-0.1, -0.05) is 6.58 Å². The summed E-state index contributed by atoms with van der Waals surface area (Å²) in [6.07, 6.45) is 2.99. The van der Waals surface area contributed by atoms with E-state index in [4.69, 9.17) is 4.74 Å². The lowest BCUT2D eigenvalue weighted by Crippen LogP contribution is -2.36. The highest BCUT2D eigenvalue weighted by molar-refractivity contribution is 4.79. The minimum Gasteiger partial charge on any atom is -0.360 e. The molecule has 1 heterocycles. The van der Waals surface area contributed by atoms with Crippen molar-refractivity contribution in [2.75, 3.05) is 13.2 Å². The van der Waals surface area contributed by atoms with Gasteiger partial charge in [-0.25, -0.2) is 0 Å². The molecular weight excluding hydrogens is 102 g/mol. The summed E-state index contributed by atoms with van der Waals surface area (Å²) in [6, 6.07) is 0. The first-order valence-electron chi connectivity index (χ1n) is 2.91. The Balaban J connectivity index is 2.22. The number of ether oxygens (including phenoxy) is 1. The summed E-state index contributed by atoms with van der Waals surface area (Å²) < 4.78 is 5.20. The first-order chi connectivity index (χ1) is 3.93. The van der Waals surface area contributed by atoms with Crippen LogP contribution in [-0.2, 0) is 4.74 Å². The van der Waals surface area contributed by atoms with Crippen molar-refractivity contribution in [2.45, 2.75) is 12.6 Å². The van der Waals surface area contributed by atoms with Gasteiger partial charge in [-0.3, -0.25) is 5.32 Å². The average molecular weight is 113 g/mol. The Morgan fingerprint density at radius 3 is 3.00 bits per heavy atom. The van der Waals surface area contributed by atoms with Crippen LogP contribution in [0.5, 0.6) is 0 Å². The molecule has 0 radical (unpaired) electrons. The van der Waals surface area contributed by atoms with E-state index in [9.17, 15) is 0 Å². The second-order valence-electron chi connectivity index (χ2n) is 1.83. The van der Waals surface area contributed by atoms with Crippen molar-refractivity contribution in [1.29, 1.82) is 0 Å². The third kappa shape index (κ3) is 1.32. The molecule has 1 atom stereocenters. The van der Waals surface area contributed by atoms with Crippen molar-refractivity contribution in [2.24, 2.45) is 0 Å². The maximum Gasteiger partial charge on any atom is 0.127 e. The van der Waals surface area contributed by atoms with Crippen LogP contribution in [-0.4, -0.2) is 19.4 Å². The molecule has 1 N–H and O–H groups in total. The van der Waals surface area contributed by atoms with Gasteiger partial charge in [0.2, 0.25) is 0 Å². The molecule has 1 unspecified atom stereocenters. The van der Waals surface area contributed by atoms with Gasteiger partial charge >= 0.3 is 0 Å². The van der Waals surface area contributed by atoms with E-state index in [2.05, 4.69) is 11.9 Å². The Bertz CT molecular complexity index is 76.6. The van der Waals surface area contributed by atoms with Crippen LogP contribution in [0.1, 0.15) is 6.42 Å². The first-order valence-corrected chi connectivity index (χ1v) is 2.91. The van der Waals surface area contributed by atoms with E-state index < -0.39 is 0 Å². The molecule has 0 spiro atoms. The SMILES string of the molecule is C=CC1NCCCO1. The van der Waals surface area contributed by atoms with Gasteiger partial charge in [0.05, 0.1) is 6.61 Å². The van der Waals surface area contributed by atoms with E-state index >= 15 is 0 Å². The Morgan fingerprint density at radius 1 is 1.75 bits per heavy atom. The molecule has 8 heavy (non-hydrogen) atoms. The van der Waals surface area contributed by atoms with Crippen LogP contribution in [0, 0.1) is 0 Å². The van der Waals surface area contributed by atoms with Crippen LogP contribution in [0.15, 0.2) is 12.7 Å². The summed E-state index contributed by atoms with van der Waals surface area (Å²) >= 11 is 0. The van der Waals surface area contributed by atoms with Gasteiger partial charge < -0.3 is 4.74 Å². The van der Waals surface area contributed by atoms with Crippen LogP contribution in [0.25, 0.3) is 0 Å². The molecule has 1 aliphatic rings. The topological polar surface area (TPSA) is 21.3 Å². The molecular formula is C6H11NO. The quantitative estimate of drug-likeness (QED) is 0.500. The van der Waals surface area contributed by atoms with Crippen molar-refractivity contribution in [3.63, 3.8) is 0 Å². The second kappa shape index (κ2) is 2.84. The molecule has 46 valence electrons. The Kier molecular flexibility index (Phi) is 2.06. The molecule has 1 aliphatic heterocycles. The van der Waals surface area contributed by atoms with E-state index in [0.29, 0.717) is 0 Å². The molecule has 2 heteroatoms. The molecule has 2 nitrogen and oxygen atoms in total. The number of rotatable bonds is 1. The third-order valence-corrected chi connectivity index (χ3v) is 1.18. The van der Waals surface area contributed by atoms with Crippen LogP contribution in [0.2, 0.25) is 0 Å². The van der Waals surface area contributed by atoms with Crippen LogP contribution < -0.4 is 5.32 Å². The zero-order valence-electron chi connectivity index (χ0n) is 4.89. The predicted octanol–water partition coefficient (Wildman–Crippen LogP) is 0.508. The van der Waals surface area contributed by atoms with E-state index in [1.807, 2.05) is 0 Å². The summed E-state index contributed by atoms with van der Waals surface area (Å²) in [5.74, 6) is 0. The molecule has 0 bridgehead atoms. The highest BCUT2D eigenvalue weighted by Gasteiger charge is 2.06. The lowest BCUT2D eigenvalue weighted by atomic mass is 10.4. The highest BCUT2D eigenvalue weighted by Crippen LogP contribution is 1.96. The summed E-state index contributed by atoms with van der Waals surface area (Å²) in [5, 5.41) is 3.13. The van der Waals surface area contributed by atoms with Crippen molar-refractivity contribution in [1.82, 2.24) is 5.32 Å². The fourth-order valence-electron chi connectivity index (χ4n) is 0.737. The normalized spacial score (nSPS) is 29.8. The lowest BCUT2D eigenvalue weighted by Gasteiger charge is -2.20. The minimum absolute atomic E-state index is 0.101. The average Bonchev–Trinajstić information content (AvgIpc) is 1.90. The number of hydrogen-bond donors (Lipinski definition) is 1. The van der Waals surface area contributed by atoms with E-state index in [1.54, 1.807) is 6.08 Å². The van der Waals surface area contributed by atoms with Crippen molar-refractivity contribution in [3.05, 3.63) is 12.7 Å². The van der Waals surface area contributed by atoms with Gasteiger partial charge in [0.1, 0.15) is 6.23 Å². The number of hydrogen-bond acceptors (Lipinski definition) is 2. The summed E-state index contributed by atoms with van der Waals surface area (Å²) in [4.78, 5) is 0. The Morgan fingerprint density at radius 2 is 2.62 bits per heavy atom. The van der Waals surface area contributed by atoms with Crippen LogP contribution >= 0.6 is 0 Å². The molecule has 0 aromatic carbocycles. The van der Waals surface area contributed by atoms with Gasteiger partial charge in [0, 0.05) is 0 Å². The summed E-state index contributed by atoms with van der Waals surface area (Å²) in [6.45, 7) is 5.51. The predicted molar refractivity (Wildman–Crippen MR) is 32.6 cm³/mol. The molecule has 1 rings (SSSR count).